The SMILES string of the molecule is CCOCCCNC(=O)/C(C#N)=C\N(CCOC)CCOC. The average Bonchev–Trinajstić information content (AvgIpc) is 2.53. The van der Waals surface area contributed by atoms with Gasteiger partial charge in [-0.1, -0.05) is 0 Å². The predicted octanol–water partition coefficient (Wildman–Crippen LogP) is 0.531. The molecule has 0 aromatic carbocycles. The predicted molar refractivity (Wildman–Crippen MR) is 83.1 cm³/mol. The molecule has 0 radical (unpaired) electrons. The molecule has 0 fully saturated rings. The number of methoxy groups -OCH3 is 2. The van der Waals surface area contributed by atoms with Gasteiger partial charge in [0.1, 0.15) is 11.6 Å². The minimum atomic E-state index is -0.376. The molecule has 0 spiro atoms. The lowest BCUT2D eigenvalue weighted by molar-refractivity contribution is -0.117. The van der Waals surface area contributed by atoms with Gasteiger partial charge in [0.05, 0.1) is 13.2 Å². The Morgan fingerprint density at radius 1 is 1.23 bits per heavy atom. The van der Waals surface area contributed by atoms with Crippen LogP contribution in [0.25, 0.3) is 0 Å². The first-order chi connectivity index (χ1) is 10.7. The van der Waals surface area contributed by atoms with Crippen LogP contribution in [0.1, 0.15) is 13.3 Å². The Kier molecular flexibility index (Phi) is 13.3. The summed E-state index contributed by atoms with van der Waals surface area (Å²) in [6.45, 7) is 5.84. The van der Waals surface area contributed by atoms with Gasteiger partial charge in [0.2, 0.25) is 0 Å². The summed E-state index contributed by atoms with van der Waals surface area (Å²) in [6, 6.07) is 1.93. The van der Waals surface area contributed by atoms with Crippen molar-refractivity contribution in [3.8, 4) is 6.07 Å². The fraction of sp³-hybridized carbons (Fsp3) is 0.733. The first-order valence-corrected chi connectivity index (χ1v) is 7.39. The maximum atomic E-state index is 12.0. The van der Waals surface area contributed by atoms with E-state index in [1.165, 1.54) is 0 Å². The minimum Gasteiger partial charge on any atom is -0.383 e. The molecule has 0 aliphatic carbocycles. The van der Waals surface area contributed by atoms with E-state index in [-0.39, 0.29) is 11.5 Å². The van der Waals surface area contributed by atoms with Crippen LogP contribution in [-0.2, 0) is 19.0 Å². The Hall–Kier alpha value is -1.62. The zero-order valence-corrected chi connectivity index (χ0v) is 13.8. The van der Waals surface area contributed by atoms with Gasteiger partial charge in [-0.15, -0.1) is 0 Å². The summed E-state index contributed by atoms with van der Waals surface area (Å²) in [7, 11) is 3.21. The van der Waals surface area contributed by atoms with Crippen molar-refractivity contribution in [1.82, 2.24) is 10.2 Å². The van der Waals surface area contributed by atoms with Gasteiger partial charge >= 0.3 is 0 Å². The molecule has 126 valence electrons. The van der Waals surface area contributed by atoms with Crippen LogP contribution in [0.2, 0.25) is 0 Å². The second-order valence-corrected chi connectivity index (χ2v) is 4.48. The van der Waals surface area contributed by atoms with Gasteiger partial charge in [-0.05, 0) is 13.3 Å². The highest BCUT2D eigenvalue weighted by molar-refractivity contribution is 5.97. The number of rotatable bonds is 13. The number of nitriles is 1. The standard InChI is InChI=1S/C15H27N3O4/c1-4-22-9-5-6-17-15(19)14(12-16)13-18(7-10-20-2)8-11-21-3/h13H,4-11H2,1-3H3,(H,17,19)/b14-13-. The second-order valence-electron chi connectivity index (χ2n) is 4.48. The molecule has 0 bridgehead atoms. The number of hydrogen-bond donors (Lipinski definition) is 1. The van der Waals surface area contributed by atoms with Crippen LogP contribution in [0.4, 0.5) is 0 Å². The molecule has 0 aliphatic heterocycles. The van der Waals surface area contributed by atoms with E-state index in [1.54, 1.807) is 20.4 Å². The summed E-state index contributed by atoms with van der Waals surface area (Å²) in [5, 5.41) is 11.9. The molecular formula is C15H27N3O4. The Morgan fingerprint density at radius 2 is 1.86 bits per heavy atom. The number of carbonyl (C=O) groups is 1. The minimum absolute atomic E-state index is 0.0728. The number of hydrogen-bond acceptors (Lipinski definition) is 6. The Bertz CT molecular complexity index is 358. The highest BCUT2D eigenvalue weighted by atomic mass is 16.5. The first kappa shape index (κ1) is 20.4. The van der Waals surface area contributed by atoms with Gasteiger partial charge in [-0.25, -0.2) is 0 Å². The average molecular weight is 313 g/mol. The monoisotopic (exact) mass is 313 g/mol. The molecule has 0 saturated heterocycles. The van der Waals surface area contributed by atoms with Crippen molar-refractivity contribution in [2.75, 3.05) is 60.3 Å². The van der Waals surface area contributed by atoms with Crippen molar-refractivity contribution in [1.29, 1.82) is 5.26 Å². The second kappa shape index (κ2) is 14.3. The molecule has 7 heteroatoms. The molecule has 7 nitrogen and oxygen atoms in total. The molecular weight excluding hydrogens is 286 g/mol. The Morgan fingerprint density at radius 3 is 2.36 bits per heavy atom. The van der Waals surface area contributed by atoms with E-state index in [4.69, 9.17) is 19.5 Å². The maximum absolute atomic E-state index is 12.0. The Labute approximate surface area is 132 Å². The summed E-state index contributed by atoms with van der Waals surface area (Å²) in [6.07, 6.45) is 2.27. The highest BCUT2D eigenvalue weighted by Crippen LogP contribution is 1.99. The third kappa shape index (κ3) is 10.2. The third-order valence-electron chi connectivity index (χ3n) is 2.80. The van der Waals surface area contributed by atoms with Crippen LogP contribution in [-0.4, -0.2) is 71.1 Å². The summed E-state index contributed by atoms with van der Waals surface area (Å²) in [5.41, 5.74) is 0.0728. The summed E-state index contributed by atoms with van der Waals surface area (Å²) < 4.78 is 15.2. The topological polar surface area (TPSA) is 83.8 Å². The molecule has 0 rings (SSSR count). The fourth-order valence-electron chi connectivity index (χ4n) is 1.59. The van der Waals surface area contributed by atoms with E-state index in [1.807, 2.05) is 17.9 Å². The number of nitrogens with zero attached hydrogens (tertiary/aromatic N) is 2. The molecule has 1 amide bonds. The van der Waals surface area contributed by atoms with Crippen LogP contribution in [0.15, 0.2) is 11.8 Å². The third-order valence-corrected chi connectivity index (χ3v) is 2.80. The summed E-state index contributed by atoms with van der Waals surface area (Å²) in [5.74, 6) is -0.376. The van der Waals surface area contributed by atoms with Gasteiger partial charge in [-0.3, -0.25) is 4.79 Å². The van der Waals surface area contributed by atoms with E-state index < -0.39 is 0 Å². The number of amides is 1. The highest BCUT2D eigenvalue weighted by Gasteiger charge is 2.10. The van der Waals surface area contributed by atoms with Gasteiger partial charge in [0, 0.05) is 53.3 Å². The number of nitrogens with one attached hydrogen (secondary N) is 1. The van der Waals surface area contributed by atoms with Crippen LogP contribution in [0.5, 0.6) is 0 Å². The molecule has 0 unspecified atom stereocenters. The van der Waals surface area contributed by atoms with Crippen LogP contribution < -0.4 is 5.32 Å². The lowest BCUT2D eigenvalue weighted by atomic mass is 10.2. The lowest BCUT2D eigenvalue weighted by Gasteiger charge is -2.20. The van der Waals surface area contributed by atoms with Crippen molar-refractivity contribution >= 4 is 5.91 Å². The molecule has 0 heterocycles. The molecule has 0 aliphatic rings. The van der Waals surface area contributed by atoms with Gasteiger partial charge in [-0.2, -0.15) is 5.26 Å². The van der Waals surface area contributed by atoms with Crippen molar-refractivity contribution in [2.24, 2.45) is 0 Å². The summed E-state index contributed by atoms with van der Waals surface area (Å²) in [4.78, 5) is 13.8. The van der Waals surface area contributed by atoms with Gasteiger partial charge < -0.3 is 24.4 Å². The van der Waals surface area contributed by atoms with E-state index in [0.717, 1.165) is 6.42 Å². The zero-order valence-electron chi connectivity index (χ0n) is 13.8. The van der Waals surface area contributed by atoms with E-state index >= 15 is 0 Å². The molecule has 0 aromatic rings. The smallest absolute Gasteiger partial charge is 0.263 e. The van der Waals surface area contributed by atoms with E-state index in [0.29, 0.717) is 46.1 Å². The van der Waals surface area contributed by atoms with Crippen LogP contribution >= 0.6 is 0 Å². The molecule has 1 N–H and O–H groups in total. The molecule has 0 atom stereocenters. The number of ether oxygens (including phenoxy) is 3. The van der Waals surface area contributed by atoms with Gasteiger partial charge in [0.15, 0.2) is 0 Å². The largest absolute Gasteiger partial charge is 0.383 e. The van der Waals surface area contributed by atoms with Gasteiger partial charge in [0.25, 0.3) is 5.91 Å². The maximum Gasteiger partial charge on any atom is 0.263 e. The van der Waals surface area contributed by atoms with Crippen molar-refractivity contribution in [3.63, 3.8) is 0 Å². The lowest BCUT2D eigenvalue weighted by Crippen LogP contribution is -2.30. The van der Waals surface area contributed by atoms with Crippen molar-refractivity contribution in [3.05, 3.63) is 11.8 Å². The van der Waals surface area contributed by atoms with E-state index in [9.17, 15) is 4.79 Å². The summed E-state index contributed by atoms with van der Waals surface area (Å²) >= 11 is 0. The molecule has 0 saturated carbocycles. The van der Waals surface area contributed by atoms with E-state index in [2.05, 4.69) is 5.32 Å². The molecule has 0 aromatic heterocycles. The quantitative estimate of drug-likeness (QED) is 0.303. The van der Waals surface area contributed by atoms with Crippen LogP contribution in [0.3, 0.4) is 0 Å². The zero-order chi connectivity index (χ0) is 16.6. The Balaban J connectivity index is 4.45. The number of carbonyl (C=O) groups excluding carboxylic acids is 1. The van der Waals surface area contributed by atoms with Crippen molar-refractivity contribution < 1.29 is 19.0 Å². The normalized spacial score (nSPS) is 11.1. The van der Waals surface area contributed by atoms with Crippen LogP contribution in [0, 0.1) is 11.3 Å². The van der Waals surface area contributed by atoms with Crippen molar-refractivity contribution in [2.45, 2.75) is 13.3 Å². The molecule has 22 heavy (non-hydrogen) atoms. The fourth-order valence-corrected chi connectivity index (χ4v) is 1.59. The first-order valence-electron chi connectivity index (χ1n) is 7.39.